The Balaban J connectivity index is 2.05. The maximum absolute atomic E-state index is 9.38. The molecule has 1 spiro atoms. The molecule has 5 nitrogen and oxygen atoms in total. The van der Waals surface area contributed by atoms with E-state index in [4.69, 9.17) is 4.74 Å². The Morgan fingerprint density at radius 1 is 1.59 bits per heavy atom. The molecule has 3 rings (SSSR count). The molecule has 0 aliphatic carbocycles. The molecule has 1 atom stereocenters. The molecule has 0 radical (unpaired) electrons. The van der Waals surface area contributed by atoms with Gasteiger partial charge in [0.15, 0.2) is 0 Å². The summed E-state index contributed by atoms with van der Waals surface area (Å²) in [5, 5.41) is 17.2. The van der Waals surface area contributed by atoms with E-state index in [9.17, 15) is 5.11 Å². The predicted octanol–water partition coefficient (Wildman–Crippen LogP) is 0.334. The summed E-state index contributed by atoms with van der Waals surface area (Å²) in [5.74, 6) is 0. The second-order valence-electron chi connectivity index (χ2n) is 5.01. The fourth-order valence-electron chi connectivity index (χ4n) is 3.03. The van der Waals surface area contributed by atoms with Gasteiger partial charge in [0.05, 0.1) is 31.1 Å². The standard InChI is InChI=1S/C12H19N3O2/c1-9-6-14-15-10(7-16)8-17-12(11(9)15)2-4-13-5-3-12/h6,10,13,16H,2-5,7-8H2,1H3. The number of aliphatic hydroxyl groups is 1. The van der Waals surface area contributed by atoms with Gasteiger partial charge in [-0.3, -0.25) is 4.68 Å². The molecule has 1 saturated heterocycles. The van der Waals surface area contributed by atoms with Gasteiger partial charge in [-0.05, 0) is 38.4 Å². The van der Waals surface area contributed by atoms with Crippen molar-refractivity contribution >= 4 is 0 Å². The zero-order chi connectivity index (χ0) is 11.9. The summed E-state index contributed by atoms with van der Waals surface area (Å²) in [4.78, 5) is 0. The van der Waals surface area contributed by atoms with Crippen molar-refractivity contribution in [2.24, 2.45) is 0 Å². The van der Waals surface area contributed by atoms with Crippen molar-refractivity contribution in [3.05, 3.63) is 17.5 Å². The predicted molar refractivity (Wildman–Crippen MR) is 62.8 cm³/mol. The molecule has 0 aromatic carbocycles. The van der Waals surface area contributed by atoms with Crippen LogP contribution in [0.1, 0.15) is 30.1 Å². The lowest BCUT2D eigenvalue weighted by molar-refractivity contribution is -0.117. The Morgan fingerprint density at radius 2 is 2.35 bits per heavy atom. The highest BCUT2D eigenvalue weighted by atomic mass is 16.5. The second kappa shape index (κ2) is 4.08. The average Bonchev–Trinajstić information content (AvgIpc) is 2.75. The smallest absolute Gasteiger partial charge is 0.112 e. The van der Waals surface area contributed by atoms with Crippen LogP contribution in [0.2, 0.25) is 0 Å². The van der Waals surface area contributed by atoms with Gasteiger partial charge in [0, 0.05) is 0 Å². The highest BCUT2D eigenvalue weighted by Crippen LogP contribution is 2.41. The number of aryl methyl sites for hydroxylation is 1. The lowest BCUT2D eigenvalue weighted by Crippen LogP contribution is -2.48. The first-order valence-electron chi connectivity index (χ1n) is 6.27. The Bertz CT molecular complexity index is 410. The van der Waals surface area contributed by atoms with Crippen molar-refractivity contribution in [3.8, 4) is 0 Å². The van der Waals surface area contributed by atoms with E-state index in [1.54, 1.807) is 0 Å². The van der Waals surface area contributed by atoms with Crippen LogP contribution in [0.3, 0.4) is 0 Å². The Hall–Kier alpha value is -0.910. The first-order valence-corrected chi connectivity index (χ1v) is 6.27. The van der Waals surface area contributed by atoms with E-state index in [1.807, 2.05) is 10.9 Å². The van der Waals surface area contributed by atoms with Crippen LogP contribution in [0.25, 0.3) is 0 Å². The summed E-state index contributed by atoms with van der Waals surface area (Å²) in [6, 6.07) is -0.0285. The van der Waals surface area contributed by atoms with Crippen molar-refractivity contribution in [2.45, 2.75) is 31.4 Å². The Kier molecular flexibility index (Phi) is 2.69. The van der Waals surface area contributed by atoms with Crippen LogP contribution in [0, 0.1) is 6.92 Å². The van der Waals surface area contributed by atoms with Gasteiger partial charge in [0.25, 0.3) is 0 Å². The number of aromatic nitrogens is 2. The minimum absolute atomic E-state index is 0.0285. The van der Waals surface area contributed by atoms with Crippen molar-refractivity contribution in [3.63, 3.8) is 0 Å². The van der Waals surface area contributed by atoms with Crippen molar-refractivity contribution < 1.29 is 9.84 Å². The normalized spacial score (nSPS) is 27.1. The molecule has 17 heavy (non-hydrogen) atoms. The third-order valence-corrected chi connectivity index (χ3v) is 3.93. The van der Waals surface area contributed by atoms with E-state index < -0.39 is 0 Å². The molecule has 3 heterocycles. The number of nitrogens with one attached hydrogen (secondary N) is 1. The largest absolute Gasteiger partial charge is 0.394 e. The zero-order valence-corrected chi connectivity index (χ0v) is 10.1. The van der Waals surface area contributed by atoms with E-state index in [0.29, 0.717) is 6.61 Å². The quantitative estimate of drug-likeness (QED) is 0.739. The summed E-state index contributed by atoms with van der Waals surface area (Å²) in [6.07, 6.45) is 3.85. The Labute approximate surface area is 101 Å². The molecule has 5 heteroatoms. The van der Waals surface area contributed by atoms with Gasteiger partial charge in [0.1, 0.15) is 5.60 Å². The molecular formula is C12H19N3O2. The van der Waals surface area contributed by atoms with Crippen LogP contribution in [0.4, 0.5) is 0 Å². The summed E-state index contributed by atoms with van der Waals surface area (Å²) in [6.45, 7) is 4.68. The van der Waals surface area contributed by atoms with Gasteiger partial charge >= 0.3 is 0 Å². The highest BCUT2D eigenvalue weighted by Gasteiger charge is 2.43. The summed E-state index contributed by atoms with van der Waals surface area (Å²) in [5.41, 5.74) is 2.16. The number of nitrogens with zero attached hydrogens (tertiary/aromatic N) is 2. The second-order valence-corrected chi connectivity index (χ2v) is 5.01. The first-order chi connectivity index (χ1) is 8.27. The molecular weight excluding hydrogens is 218 g/mol. The fraction of sp³-hybridized carbons (Fsp3) is 0.750. The zero-order valence-electron chi connectivity index (χ0n) is 10.1. The van der Waals surface area contributed by atoms with Gasteiger partial charge in [0.2, 0.25) is 0 Å². The third kappa shape index (κ3) is 1.61. The van der Waals surface area contributed by atoms with Gasteiger partial charge in [-0.25, -0.2) is 0 Å². The van der Waals surface area contributed by atoms with Crippen LogP contribution in [-0.2, 0) is 10.3 Å². The van der Waals surface area contributed by atoms with Gasteiger partial charge in [-0.15, -0.1) is 0 Å². The number of ether oxygens (including phenoxy) is 1. The average molecular weight is 237 g/mol. The molecule has 0 bridgehead atoms. The molecule has 2 N–H and O–H groups in total. The van der Waals surface area contributed by atoms with E-state index in [1.165, 1.54) is 11.3 Å². The summed E-state index contributed by atoms with van der Waals surface area (Å²) >= 11 is 0. The van der Waals surface area contributed by atoms with Crippen molar-refractivity contribution in [2.75, 3.05) is 26.3 Å². The van der Waals surface area contributed by atoms with Crippen molar-refractivity contribution in [1.29, 1.82) is 0 Å². The minimum Gasteiger partial charge on any atom is -0.394 e. The van der Waals surface area contributed by atoms with Crippen molar-refractivity contribution in [1.82, 2.24) is 15.1 Å². The summed E-state index contributed by atoms with van der Waals surface area (Å²) < 4.78 is 8.09. The number of hydrogen-bond donors (Lipinski definition) is 2. The number of rotatable bonds is 1. The maximum Gasteiger partial charge on any atom is 0.112 e. The van der Waals surface area contributed by atoms with Gasteiger partial charge < -0.3 is 15.2 Å². The van der Waals surface area contributed by atoms with Crippen LogP contribution >= 0.6 is 0 Å². The molecule has 0 amide bonds. The number of hydrogen-bond acceptors (Lipinski definition) is 4. The molecule has 94 valence electrons. The summed E-state index contributed by atoms with van der Waals surface area (Å²) in [7, 11) is 0. The van der Waals surface area contributed by atoms with Gasteiger partial charge in [-0.2, -0.15) is 5.10 Å². The molecule has 1 fully saturated rings. The molecule has 1 aromatic heterocycles. The Morgan fingerprint density at radius 3 is 3.06 bits per heavy atom. The number of aliphatic hydroxyl groups excluding tert-OH is 1. The highest BCUT2D eigenvalue weighted by molar-refractivity contribution is 5.26. The fourth-order valence-corrected chi connectivity index (χ4v) is 3.03. The van der Waals surface area contributed by atoms with E-state index in [2.05, 4.69) is 17.3 Å². The molecule has 1 aromatic rings. The minimum atomic E-state index is -0.183. The van der Waals surface area contributed by atoms with Gasteiger partial charge in [-0.1, -0.05) is 0 Å². The van der Waals surface area contributed by atoms with Crippen LogP contribution in [0.5, 0.6) is 0 Å². The number of piperidine rings is 1. The van der Waals surface area contributed by atoms with E-state index in [-0.39, 0.29) is 18.2 Å². The monoisotopic (exact) mass is 237 g/mol. The van der Waals surface area contributed by atoms with Crippen LogP contribution < -0.4 is 5.32 Å². The SMILES string of the molecule is Cc1cnn2c1C1(CCNCC1)OCC2CO. The number of fused-ring (bicyclic) bond motifs is 2. The maximum atomic E-state index is 9.38. The lowest BCUT2D eigenvalue weighted by Gasteiger charge is -2.43. The van der Waals surface area contributed by atoms with Crippen LogP contribution in [0.15, 0.2) is 6.20 Å². The topological polar surface area (TPSA) is 59.3 Å². The molecule has 1 unspecified atom stereocenters. The molecule has 2 aliphatic rings. The molecule has 0 saturated carbocycles. The molecule has 2 aliphatic heterocycles. The van der Waals surface area contributed by atoms with E-state index >= 15 is 0 Å². The lowest BCUT2D eigenvalue weighted by atomic mass is 9.85. The first kappa shape index (κ1) is 11.2. The van der Waals surface area contributed by atoms with E-state index in [0.717, 1.165) is 25.9 Å². The third-order valence-electron chi connectivity index (χ3n) is 3.93. The van der Waals surface area contributed by atoms with Crippen LogP contribution in [-0.4, -0.2) is 41.2 Å².